The van der Waals surface area contributed by atoms with E-state index in [2.05, 4.69) is 38.5 Å². The standard InChI is InChI=1S/C17H22N6O/c1-23(2)17-21-14(20-16(18)22-17)10-19-15(24)9-12-8-7-11-5-3-4-6-13(11)12/h3-6,12H,7-10H2,1-2H3,(H,19,24)(H2,18,20,21,22)/t12-/m1/s1. The van der Waals surface area contributed by atoms with Crippen LogP contribution in [0.3, 0.4) is 0 Å². The van der Waals surface area contributed by atoms with Crippen LogP contribution in [0.4, 0.5) is 11.9 Å². The van der Waals surface area contributed by atoms with Gasteiger partial charge in [0.25, 0.3) is 0 Å². The summed E-state index contributed by atoms with van der Waals surface area (Å²) in [5.74, 6) is 1.40. The first-order chi connectivity index (χ1) is 11.5. The summed E-state index contributed by atoms with van der Waals surface area (Å²) in [6.45, 7) is 0.251. The second-order valence-electron chi connectivity index (χ2n) is 6.22. The molecule has 1 aliphatic rings. The van der Waals surface area contributed by atoms with Crippen molar-refractivity contribution in [2.24, 2.45) is 0 Å². The van der Waals surface area contributed by atoms with Crippen LogP contribution < -0.4 is 16.0 Å². The number of rotatable bonds is 5. The zero-order valence-corrected chi connectivity index (χ0v) is 14.0. The lowest BCUT2D eigenvalue weighted by Gasteiger charge is -2.13. The first-order valence-electron chi connectivity index (χ1n) is 8.05. The maximum atomic E-state index is 12.3. The summed E-state index contributed by atoms with van der Waals surface area (Å²) in [6.07, 6.45) is 2.55. The number of nitrogens with one attached hydrogen (secondary N) is 1. The number of nitrogens with two attached hydrogens (primary N) is 1. The summed E-state index contributed by atoms with van der Waals surface area (Å²) in [5, 5.41) is 2.88. The molecule has 24 heavy (non-hydrogen) atoms. The van der Waals surface area contributed by atoms with E-state index in [0.717, 1.165) is 12.8 Å². The molecular weight excluding hydrogens is 304 g/mol. The second-order valence-corrected chi connectivity index (χ2v) is 6.22. The Balaban J connectivity index is 1.59. The van der Waals surface area contributed by atoms with Crippen LogP contribution >= 0.6 is 0 Å². The first kappa shape index (κ1) is 16.2. The largest absolute Gasteiger partial charge is 0.368 e. The number of aromatic nitrogens is 3. The minimum absolute atomic E-state index is 0.00193. The van der Waals surface area contributed by atoms with E-state index in [4.69, 9.17) is 5.73 Å². The average Bonchev–Trinajstić information content (AvgIpc) is 2.96. The van der Waals surface area contributed by atoms with Crippen LogP contribution in [0.2, 0.25) is 0 Å². The lowest BCUT2D eigenvalue weighted by Crippen LogP contribution is -2.26. The number of aryl methyl sites for hydroxylation is 1. The van der Waals surface area contributed by atoms with Crippen molar-refractivity contribution in [3.63, 3.8) is 0 Å². The third-order valence-electron chi connectivity index (χ3n) is 4.22. The number of nitrogens with zero attached hydrogens (tertiary/aromatic N) is 4. The minimum atomic E-state index is 0.00193. The summed E-state index contributed by atoms with van der Waals surface area (Å²) in [7, 11) is 3.66. The van der Waals surface area contributed by atoms with Gasteiger partial charge < -0.3 is 16.0 Å². The number of benzene rings is 1. The molecule has 3 N–H and O–H groups in total. The molecule has 1 atom stereocenters. The van der Waals surface area contributed by atoms with Gasteiger partial charge in [-0.25, -0.2) is 0 Å². The van der Waals surface area contributed by atoms with Crippen LogP contribution in [0, 0.1) is 0 Å². The summed E-state index contributed by atoms with van der Waals surface area (Å²) in [6, 6.07) is 8.35. The van der Waals surface area contributed by atoms with Gasteiger partial charge in [0, 0.05) is 20.5 Å². The maximum Gasteiger partial charge on any atom is 0.229 e. The van der Waals surface area contributed by atoms with Gasteiger partial charge in [-0.1, -0.05) is 24.3 Å². The number of carbonyl (C=O) groups excluding carboxylic acids is 1. The summed E-state index contributed by atoms with van der Waals surface area (Å²) >= 11 is 0. The number of hydrogen-bond donors (Lipinski definition) is 2. The van der Waals surface area contributed by atoms with E-state index in [0.29, 0.717) is 24.1 Å². The number of carbonyl (C=O) groups is 1. The molecule has 0 bridgehead atoms. The van der Waals surface area contributed by atoms with Gasteiger partial charge >= 0.3 is 0 Å². The van der Waals surface area contributed by atoms with Crippen molar-refractivity contribution < 1.29 is 4.79 Å². The average molecular weight is 326 g/mol. The molecule has 2 aromatic rings. The van der Waals surface area contributed by atoms with Crippen LogP contribution in [-0.2, 0) is 17.8 Å². The van der Waals surface area contributed by atoms with E-state index in [9.17, 15) is 4.79 Å². The lowest BCUT2D eigenvalue weighted by atomic mass is 9.97. The van der Waals surface area contributed by atoms with Gasteiger partial charge in [0.1, 0.15) is 0 Å². The molecule has 1 heterocycles. The van der Waals surface area contributed by atoms with Crippen LogP contribution in [0.1, 0.15) is 35.7 Å². The number of hydrogen-bond acceptors (Lipinski definition) is 6. The van der Waals surface area contributed by atoms with Crippen molar-refractivity contribution in [3.05, 3.63) is 41.2 Å². The minimum Gasteiger partial charge on any atom is -0.368 e. The Morgan fingerprint density at radius 2 is 2.08 bits per heavy atom. The second kappa shape index (κ2) is 6.82. The summed E-state index contributed by atoms with van der Waals surface area (Å²) in [4.78, 5) is 26.4. The first-order valence-corrected chi connectivity index (χ1v) is 8.05. The highest BCUT2D eigenvalue weighted by atomic mass is 16.1. The highest BCUT2D eigenvalue weighted by Gasteiger charge is 2.24. The van der Waals surface area contributed by atoms with Gasteiger partial charge in [-0.05, 0) is 29.9 Å². The number of nitrogen functional groups attached to an aromatic ring is 1. The third-order valence-corrected chi connectivity index (χ3v) is 4.22. The molecule has 7 heteroatoms. The molecule has 1 aliphatic carbocycles. The van der Waals surface area contributed by atoms with Crippen molar-refractivity contribution >= 4 is 17.8 Å². The van der Waals surface area contributed by atoms with E-state index in [-0.39, 0.29) is 18.4 Å². The molecule has 0 saturated heterocycles. The fourth-order valence-electron chi connectivity index (χ4n) is 3.04. The predicted molar refractivity (Wildman–Crippen MR) is 92.5 cm³/mol. The Hall–Kier alpha value is -2.70. The normalized spacial score (nSPS) is 15.8. The van der Waals surface area contributed by atoms with Crippen molar-refractivity contribution in [3.8, 4) is 0 Å². The summed E-state index contributed by atoms with van der Waals surface area (Å²) < 4.78 is 0. The molecule has 1 aromatic carbocycles. The van der Waals surface area contributed by atoms with E-state index >= 15 is 0 Å². The predicted octanol–water partition coefficient (Wildman–Crippen LogP) is 1.26. The summed E-state index contributed by atoms with van der Waals surface area (Å²) in [5.41, 5.74) is 8.34. The third kappa shape index (κ3) is 3.61. The number of amides is 1. The molecule has 0 spiro atoms. The molecule has 0 aliphatic heterocycles. The van der Waals surface area contributed by atoms with Crippen LogP contribution in [0.5, 0.6) is 0 Å². The van der Waals surface area contributed by atoms with Crippen molar-refractivity contribution in [2.45, 2.75) is 31.7 Å². The fraction of sp³-hybridized carbons (Fsp3) is 0.412. The van der Waals surface area contributed by atoms with Crippen LogP contribution in [-0.4, -0.2) is 35.0 Å². The highest BCUT2D eigenvalue weighted by molar-refractivity contribution is 5.77. The Morgan fingerprint density at radius 1 is 1.29 bits per heavy atom. The van der Waals surface area contributed by atoms with Crippen molar-refractivity contribution in [2.75, 3.05) is 24.7 Å². The number of anilines is 2. The number of fused-ring (bicyclic) bond motifs is 1. The fourth-order valence-corrected chi connectivity index (χ4v) is 3.04. The molecule has 1 amide bonds. The van der Waals surface area contributed by atoms with Crippen LogP contribution in [0.15, 0.2) is 24.3 Å². The lowest BCUT2D eigenvalue weighted by molar-refractivity contribution is -0.121. The molecule has 0 radical (unpaired) electrons. The van der Waals surface area contributed by atoms with Crippen LogP contribution in [0.25, 0.3) is 0 Å². The Labute approximate surface area is 141 Å². The van der Waals surface area contributed by atoms with Crippen molar-refractivity contribution in [1.29, 1.82) is 0 Å². The van der Waals surface area contributed by atoms with E-state index in [1.807, 2.05) is 20.2 Å². The molecule has 0 fully saturated rings. The maximum absolute atomic E-state index is 12.3. The molecule has 3 rings (SSSR count). The van der Waals surface area contributed by atoms with Gasteiger partial charge in [-0.2, -0.15) is 15.0 Å². The Bertz CT molecular complexity index is 746. The van der Waals surface area contributed by atoms with Gasteiger partial charge in [-0.3, -0.25) is 4.79 Å². The smallest absolute Gasteiger partial charge is 0.229 e. The highest BCUT2D eigenvalue weighted by Crippen LogP contribution is 2.35. The SMILES string of the molecule is CN(C)c1nc(N)nc(CNC(=O)C[C@H]2CCc3ccccc32)n1. The molecule has 7 nitrogen and oxygen atoms in total. The topological polar surface area (TPSA) is 97.0 Å². The Morgan fingerprint density at radius 3 is 2.88 bits per heavy atom. The zero-order valence-electron chi connectivity index (χ0n) is 14.0. The van der Waals surface area contributed by atoms with E-state index < -0.39 is 0 Å². The Kier molecular flexibility index (Phi) is 4.59. The van der Waals surface area contributed by atoms with E-state index in [1.54, 1.807) is 4.90 Å². The van der Waals surface area contributed by atoms with Gasteiger partial charge in [0.2, 0.25) is 17.8 Å². The molecule has 0 unspecified atom stereocenters. The zero-order chi connectivity index (χ0) is 17.1. The van der Waals surface area contributed by atoms with Gasteiger partial charge in [0.05, 0.1) is 6.54 Å². The molecule has 1 aromatic heterocycles. The van der Waals surface area contributed by atoms with Gasteiger partial charge in [0.15, 0.2) is 5.82 Å². The quantitative estimate of drug-likeness (QED) is 0.858. The molecule has 0 saturated carbocycles. The van der Waals surface area contributed by atoms with Crippen molar-refractivity contribution in [1.82, 2.24) is 20.3 Å². The van der Waals surface area contributed by atoms with Gasteiger partial charge in [-0.15, -0.1) is 0 Å². The molecule has 126 valence electrons. The monoisotopic (exact) mass is 326 g/mol. The van der Waals surface area contributed by atoms with E-state index in [1.165, 1.54) is 11.1 Å². The molecular formula is C17H22N6O.